The Hall–Kier alpha value is -1.60. The molecule has 2 aromatic carbocycles. The maximum atomic E-state index is 2.62. The van der Waals surface area contributed by atoms with Crippen LogP contribution in [0.4, 0.5) is 0 Å². The molecule has 0 saturated carbocycles. The molecule has 0 amide bonds. The summed E-state index contributed by atoms with van der Waals surface area (Å²) in [4.78, 5) is 2.62. The van der Waals surface area contributed by atoms with Gasteiger partial charge in [0.05, 0.1) is 0 Å². The van der Waals surface area contributed by atoms with Crippen LogP contribution < -0.4 is 0 Å². The summed E-state index contributed by atoms with van der Waals surface area (Å²) in [6, 6.07) is 22.1. The van der Waals surface area contributed by atoms with Crippen LogP contribution in [-0.2, 0) is 12.0 Å². The fourth-order valence-electron chi connectivity index (χ4n) is 3.93. The minimum atomic E-state index is 0.406. The topological polar surface area (TPSA) is 3.24 Å². The summed E-state index contributed by atoms with van der Waals surface area (Å²) in [7, 11) is 0. The van der Waals surface area contributed by atoms with Crippen molar-refractivity contribution >= 4 is 0 Å². The van der Waals surface area contributed by atoms with E-state index >= 15 is 0 Å². The summed E-state index contributed by atoms with van der Waals surface area (Å²) in [5, 5.41) is 0. The molecule has 1 saturated heterocycles. The molecule has 1 fully saturated rings. The van der Waals surface area contributed by atoms with E-state index in [0.717, 1.165) is 6.54 Å². The van der Waals surface area contributed by atoms with Gasteiger partial charge in [-0.2, -0.15) is 0 Å². The molecule has 3 rings (SSSR count). The second-order valence-corrected chi connectivity index (χ2v) is 6.66. The van der Waals surface area contributed by atoms with Gasteiger partial charge in [-0.25, -0.2) is 0 Å². The van der Waals surface area contributed by atoms with Gasteiger partial charge in [-0.15, -0.1) is 0 Å². The van der Waals surface area contributed by atoms with Gasteiger partial charge in [-0.3, -0.25) is 4.90 Å². The van der Waals surface area contributed by atoms with E-state index in [2.05, 4.69) is 72.5 Å². The highest BCUT2D eigenvalue weighted by Gasteiger charge is 2.35. The number of rotatable bonds is 5. The Morgan fingerprint density at radius 3 is 2.05 bits per heavy atom. The minimum absolute atomic E-state index is 0.406. The van der Waals surface area contributed by atoms with Gasteiger partial charge in [-0.05, 0) is 48.9 Å². The van der Waals surface area contributed by atoms with Crippen molar-refractivity contribution in [2.45, 2.75) is 44.6 Å². The Balaban J connectivity index is 1.68. The zero-order chi connectivity index (χ0) is 15.3. The van der Waals surface area contributed by atoms with E-state index in [1.54, 1.807) is 5.56 Å². The maximum absolute atomic E-state index is 2.62. The van der Waals surface area contributed by atoms with Crippen molar-refractivity contribution in [1.29, 1.82) is 0 Å². The molecule has 1 nitrogen and oxygen atoms in total. The van der Waals surface area contributed by atoms with E-state index in [9.17, 15) is 0 Å². The van der Waals surface area contributed by atoms with E-state index in [4.69, 9.17) is 0 Å². The Morgan fingerprint density at radius 2 is 1.45 bits per heavy atom. The van der Waals surface area contributed by atoms with E-state index in [-0.39, 0.29) is 0 Å². The van der Waals surface area contributed by atoms with Crippen molar-refractivity contribution in [3.63, 3.8) is 0 Å². The molecule has 0 radical (unpaired) electrons. The van der Waals surface area contributed by atoms with E-state index in [1.165, 1.54) is 44.3 Å². The van der Waals surface area contributed by atoms with E-state index < -0.39 is 0 Å². The summed E-state index contributed by atoms with van der Waals surface area (Å²) in [6.45, 7) is 5.84. The number of nitrogens with zero attached hydrogens (tertiary/aromatic N) is 1. The molecule has 0 aromatic heterocycles. The number of piperidine rings is 1. The summed E-state index contributed by atoms with van der Waals surface area (Å²) in [6.07, 6.45) is 5.17. The molecular weight excluding hydrogens is 266 g/mol. The Kier molecular flexibility index (Phi) is 4.94. The van der Waals surface area contributed by atoms with Gasteiger partial charge in [0.2, 0.25) is 0 Å². The van der Waals surface area contributed by atoms with Gasteiger partial charge < -0.3 is 0 Å². The molecule has 0 unspecified atom stereocenters. The summed E-state index contributed by atoms with van der Waals surface area (Å²) < 4.78 is 0. The lowest BCUT2D eigenvalue weighted by Crippen LogP contribution is -2.42. The van der Waals surface area contributed by atoms with Gasteiger partial charge >= 0.3 is 0 Å². The second kappa shape index (κ2) is 7.11. The minimum Gasteiger partial charge on any atom is -0.299 e. The first-order chi connectivity index (χ1) is 10.8. The molecule has 22 heavy (non-hydrogen) atoms. The molecule has 0 spiro atoms. The molecule has 116 valence electrons. The standard InChI is InChI=1S/C21H27N/c1-2-13-21(20-11-7-4-8-12-20)14-16-22(17-15-21)18-19-9-5-3-6-10-19/h3-12H,2,13-18H2,1H3. The van der Waals surface area contributed by atoms with Crippen LogP contribution in [0.2, 0.25) is 0 Å². The highest BCUT2D eigenvalue weighted by molar-refractivity contribution is 5.26. The predicted molar refractivity (Wildman–Crippen MR) is 94.0 cm³/mol. The maximum Gasteiger partial charge on any atom is 0.0233 e. The Morgan fingerprint density at radius 1 is 0.864 bits per heavy atom. The molecule has 0 atom stereocenters. The molecular formula is C21H27N. The van der Waals surface area contributed by atoms with Gasteiger partial charge in [0, 0.05) is 6.54 Å². The highest BCUT2D eigenvalue weighted by Crippen LogP contribution is 2.39. The van der Waals surface area contributed by atoms with Gasteiger partial charge in [-0.1, -0.05) is 74.0 Å². The molecule has 1 aliphatic heterocycles. The fraction of sp³-hybridized carbons (Fsp3) is 0.429. The smallest absolute Gasteiger partial charge is 0.0233 e. The van der Waals surface area contributed by atoms with Crippen molar-refractivity contribution in [2.24, 2.45) is 0 Å². The van der Waals surface area contributed by atoms with Crippen LogP contribution in [0.15, 0.2) is 60.7 Å². The lowest BCUT2D eigenvalue weighted by Gasteiger charge is -2.42. The number of hydrogen-bond donors (Lipinski definition) is 0. The van der Waals surface area contributed by atoms with Crippen LogP contribution in [0.3, 0.4) is 0 Å². The zero-order valence-electron chi connectivity index (χ0n) is 13.7. The van der Waals surface area contributed by atoms with Crippen LogP contribution in [-0.4, -0.2) is 18.0 Å². The number of likely N-dealkylation sites (tertiary alicyclic amines) is 1. The van der Waals surface area contributed by atoms with Crippen molar-refractivity contribution in [3.05, 3.63) is 71.8 Å². The van der Waals surface area contributed by atoms with Crippen LogP contribution in [0.5, 0.6) is 0 Å². The molecule has 0 bridgehead atoms. The third-order valence-corrected chi connectivity index (χ3v) is 5.18. The van der Waals surface area contributed by atoms with Crippen molar-refractivity contribution < 1.29 is 0 Å². The third-order valence-electron chi connectivity index (χ3n) is 5.18. The normalized spacial score (nSPS) is 18.2. The van der Waals surface area contributed by atoms with Crippen LogP contribution >= 0.6 is 0 Å². The average molecular weight is 293 g/mol. The first kappa shape index (κ1) is 15.3. The molecule has 0 N–H and O–H groups in total. The first-order valence-electron chi connectivity index (χ1n) is 8.64. The summed E-state index contributed by atoms with van der Waals surface area (Å²) in [5.74, 6) is 0. The molecule has 0 aliphatic carbocycles. The SMILES string of the molecule is CCCC1(c2ccccc2)CCN(Cc2ccccc2)CC1. The Labute approximate surface area is 135 Å². The molecule has 2 aromatic rings. The summed E-state index contributed by atoms with van der Waals surface area (Å²) in [5.41, 5.74) is 3.39. The molecule has 1 heterocycles. The van der Waals surface area contributed by atoms with Crippen LogP contribution in [0.25, 0.3) is 0 Å². The largest absolute Gasteiger partial charge is 0.299 e. The monoisotopic (exact) mass is 293 g/mol. The zero-order valence-corrected chi connectivity index (χ0v) is 13.7. The van der Waals surface area contributed by atoms with Gasteiger partial charge in [0.25, 0.3) is 0 Å². The lowest BCUT2D eigenvalue weighted by atomic mass is 9.70. The quantitative estimate of drug-likeness (QED) is 0.748. The molecule has 1 aliphatic rings. The van der Waals surface area contributed by atoms with Crippen molar-refractivity contribution in [1.82, 2.24) is 4.90 Å². The van der Waals surface area contributed by atoms with Crippen LogP contribution in [0, 0.1) is 0 Å². The van der Waals surface area contributed by atoms with E-state index in [0.29, 0.717) is 5.41 Å². The van der Waals surface area contributed by atoms with Gasteiger partial charge in [0.15, 0.2) is 0 Å². The first-order valence-corrected chi connectivity index (χ1v) is 8.64. The predicted octanol–water partition coefficient (Wildman–Crippen LogP) is 5.02. The summed E-state index contributed by atoms with van der Waals surface area (Å²) >= 11 is 0. The van der Waals surface area contributed by atoms with Crippen molar-refractivity contribution in [3.8, 4) is 0 Å². The van der Waals surface area contributed by atoms with Crippen molar-refractivity contribution in [2.75, 3.05) is 13.1 Å². The van der Waals surface area contributed by atoms with Gasteiger partial charge in [0.1, 0.15) is 0 Å². The van der Waals surface area contributed by atoms with Crippen LogP contribution in [0.1, 0.15) is 43.7 Å². The van der Waals surface area contributed by atoms with E-state index in [1.807, 2.05) is 0 Å². The number of benzene rings is 2. The fourth-order valence-corrected chi connectivity index (χ4v) is 3.93. The highest BCUT2D eigenvalue weighted by atomic mass is 15.1. The second-order valence-electron chi connectivity index (χ2n) is 6.66. The third kappa shape index (κ3) is 3.41. The lowest BCUT2D eigenvalue weighted by molar-refractivity contribution is 0.145. The molecule has 1 heteroatoms. The number of hydrogen-bond acceptors (Lipinski definition) is 1. The Bertz CT molecular complexity index is 553. The average Bonchev–Trinajstić information content (AvgIpc) is 2.59.